The monoisotopic (exact) mass is 462 g/mol. The van der Waals surface area contributed by atoms with Crippen LogP contribution in [0.5, 0.6) is 17.6 Å². The molecule has 1 aliphatic carbocycles. The van der Waals surface area contributed by atoms with E-state index >= 15 is 0 Å². The number of benzene rings is 1. The van der Waals surface area contributed by atoms with Crippen LogP contribution in [0.4, 0.5) is 4.39 Å². The van der Waals surface area contributed by atoms with Gasteiger partial charge in [-0.2, -0.15) is 19.6 Å². The zero-order valence-electron chi connectivity index (χ0n) is 17.3. The Morgan fingerprint density at radius 2 is 2.15 bits per heavy atom. The van der Waals surface area contributed by atoms with Crippen molar-refractivity contribution in [2.45, 2.75) is 18.9 Å². The number of aromatic hydroxyl groups is 1. The molecule has 4 heterocycles. The molecule has 1 aromatic carbocycles. The number of aromatic nitrogens is 7. The maximum absolute atomic E-state index is 13.9. The van der Waals surface area contributed by atoms with Gasteiger partial charge < -0.3 is 19.4 Å². The third-order valence-corrected chi connectivity index (χ3v) is 5.08. The highest BCUT2D eigenvalue weighted by Crippen LogP contribution is 2.32. The van der Waals surface area contributed by atoms with Crippen LogP contribution in [0.15, 0.2) is 51.0 Å². The van der Waals surface area contributed by atoms with Crippen LogP contribution in [0, 0.1) is 5.82 Å². The zero-order chi connectivity index (χ0) is 23.2. The number of imidazole rings is 1. The van der Waals surface area contributed by atoms with Gasteiger partial charge in [0.25, 0.3) is 5.62 Å². The van der Waals surface area contributed by atoms with Gasteiger partial charge in [0.1, 0.15) is 17.3 Å². The van der Waals surface area contributed by atoms with Crippen LogP contribution in [0.2, 0.25) is 0 Å². The predicted molar refractivity (Wildman–Crippen MR) is 113 cm³/mol. The summed E-state index contributed by atoms with van der Waals surface area (Å²) in [6, 6.07) is 5.58. The molecule has 1 aliphatic rings. The Morgan fingerprint density at radius 3 is 2.88 bits per heavy atom. The van der Waals surface area contributed by atoms with Crippen molar-refractivity contribution >= 4 is 11.7 Å². The van der Waals surface area contributed by atoms with Gasteiger partial charge in [-0.1, -0.05) is 5.16 Å². The molecule has 0 unspecified atom stereocenters. The number of rotatable bonds is 5. The molecule has 6 rings (SSSR count). The average Bonchev–Trinajstić information content (AvgIpc) is 3.18. The van der Waals surface area contributed by atoms with Gasteiger partial charge in [-0.25, -0.2) is 14.2 Å². The Morgan fingerprint density at radius 1 is 1.26 bits per heavy atom. The van der Waals surface area contributed by atoms with Crippen molar-refractivity contribution < 1.29 is 18.8 Å². The molecule has 0 radical (unpaired) electrons. The molecule has 1 fully saturated rings. The second kappa shape index (κ2) is 7.65. The number of halogens is 1. The molecule has 170 valence electrons. The predicted octanol–water partition coefficient (Wildman–Crippen LogP) is 1.04. The molecular formula is C21H15FN8O4. The molecule has 5 aromatic rings. The molecule has 0 spiro atoms. The van der Waals surface area contributed by atoms with Gasteiger partial charge in [0.2, 0.25) is 5.88 Å². The standard InChI is InChI=1S/C21H15FN8O4/c22-11-1-4-15(13(8-11)16-5-6-24-34-16)33-21-27-17-10(7-14-18(31)28-20(32)26-14)9-23-30(17)19(29-21)25-12-2-3-12/h1,4-9,12,31H,2-3H2,(H2,26,28,32). The van der Waals surface area contributed by atoms with E-state index in [1.807, 2.05) is 0 Å². The highest BCUT2D eigenvalue weighted by Gasteiger charge is 2.21. The maximum atomic E-state index is 13.9. The van der Waals surface area contributed by atoms with E-state index in [9.17, 15) is 14.3 Å². The van der Waals surface area contributed by atoms with Crippen LogP contribution in [0.1, 0.15) is 18.5 Å². The molecule has 4 aromatic heterocycles. The SMILES string of the molecule is O=c1[nH]c(O)c(C=c2cnn3c(=NC4CC4)nc(Oc4ccc(F)cc4-c4ccno4)nc23)[nH]1. The summed E-state index contributed by atoms with van der Waals surface area (Å²) in [4.78, 5) is 29.6. The van der Waals surface area contributed by atoms with E-state index in [4.69, 9.17) is 9.26 Å². The minimum Gasteiger partial charge on any atom is -0.493 e. The van der Waals surface area contributed by atoms with Crippen molar-refractivity contribution in [1.29, 1.82) is 0 Å². The van der Waals surface area contributed by atoms with Crippen molar-refractivity contribution in [3.05, 3.63) is 69.5 Å². The van der Waals surface area contributed by atoms with E-state index < -0.39 is 11.5 Å². The first kappa shape index (κ1) is 19.8. The minimum absolute atomic E-state index is 0.0544. The normalized spacial score (nSPS) is 14.9. The first-order valence-electron chi connectivity index (χ1n) is 10.2. The molecule has 0 aliphatic heterocycles. The van der Waals surface area contributed by atoms with Crippen LogP contribution in [0.25, 0.3) is 23.0 Å². The Bertz CT molecular complexity index is 1700. The molecule has 13 heteroatoms. The first-order valence-corrected chi connectivity index (χ1v) is 10.2. The molecule has 0 atom stereocenters. The summed E-state index contributed by atoms with van der Waals surface area (Å²) in [6.45, 7) is 0. The van der Waals surface area contributed by atoms with Crippen molar-refractivity contribution in [3.8, 4) is 29.0 Å². The quantitative estimate of drug-likeness (QED) is 0.349. The fraction of sp³-hybridized carbons (Fsp3) is 0.143. The number of fused-ring (bicyclic) bond motifs is 1. The van der Waals surface area contributed by atoms with E-state index in [-0.39, 0.29) is 35.0 Å². The van der Waals surface area contributed by atoms with Crippen LogP contribution in [-0.4, -0.2) is 45.9 Å². The molecule has 0 saturated heterocycles. The smallest absolute Gasteiger partial charge is 0.327 e. The summed E-state index contributed by atoms with van der Waals surface area (Å²) >= 11 is 0. The van der Waals surface area contributed by atoms with Gasteiger partial charge >= 0.3 is 11.7 Å². The van der Waals surface area contributed by atoms with Crippen molar-refractivity contribution in [1.82, 2.24) is 34.7 Å². The fourth-order valence-electron chi connectivity index (χ4n) is 3.34. The molecular weight excluding hydrogens is 447 g/mol. The second-order valence-electron chi connectivity index (χ2n) is 7.61. The van der Waals surface area contributed by atoms with Crippen LogP contribution in [-0.2, 0) is 0 Å². The third-order valence-electron chi connectivity index (χ3n) is 5.08. The van der Waals surface area contributed by atoms with E-state index in [2.05, 4.69) is 35.2 Å². The number of aromatic amines is 2. The lowest BCUT2D eigenvalue weighted by Crippen LogP contribution is -2.23. The zero-order valence-corrected chi connectivity index (χ0v) is 17.3. The van der Waals surface area contributed by atoms with Gasteiger partial charge in [0, 0.05) is 11.3 Å². The van der Waals surface area contributed by atoms with E-state index in [0.717, 1.165) is 12.8 Å². The Labute approximate surface area is 188 Å². The highest BCUT2D eigenvalue weighted by atomic mass is 19.1. The van der Waals surface area contributed by atoms with Crippen LogP contribution >= 0.6 is 0 Å². The highest BCUT2D eigenvalue weighted by molar-refractivity contribution is 5.66. The van der Waals surface area contributed by atoms with Crippen LogP contribution < -0.4 is 21.3 Å². The van der Waals surface area contributed by atoms with Gasteiger partial charge in [0.15, 0.2) is 11.4 Å². The average molecular weight is 462 g/mol. The second-order valence-corrected chi connectivity index (χ2v) is 7.61. The Hall–Kier alpha value is -4.81. The summed E-state index contributed by atoms with van der Waals surface area (Å²) in [7, 11) is 0. The summed E-state index contributed by atoms with van der Waals surface area (Å²) in [5, 5.41) is 18.3. The summed E-state index contributed by atoms with van der Waals surface area (Å²) < 4.78 is 26.5. The molecule has 12 nitrogen and oxygen atoms in total. The number of hydrogen-bond donors (Lipinski definition) is 3. The topological polar surface area (TPSA) is 160 Å². The summed E-state index contributed by atoms with van der Waals surface area (Å²) in [5.74, 6) is -0.241. The lowest BCUT2D eigenvalue weighted by Gasteiger charge is -2.08. The Kier molecular flexibility index (Phi) is 4.47. The maximum Gasteiger partial charge on any atom is 0.327 e. The first-order chi connectivity index (χ1) is 16.5. The number of H-pyrrole nitrogens is 2. The minimum atomic E-state index is -0.556. The van der Waals surface area contributed by atoms with Gasteiger partial charge in [-0.15, -0.1) is 0 Å². The molecule has 34 heavy (non-hydrogen) atoms. The molecule has 1 saturated carbocycles. The molecule has 0 bridgehead atoms. The van der Waals surface area contributed by atoms with Crippen LogP contribution in [0.3, 0.4) is 0 Å². The number of ether oxygens (including phenoxy) is 1. The fourth-order valence-corrected chi connectivity index (χ4v) is 3.34. The largest absolute Gasteiger partial charge is 0.493 e. The molecule has 0 amide bonds. The summed E-state index contributed by atoms with van der Waals surface area (Å²) in [6.07, 6.45) is 6.32. The van der Waals surface area contributed by atoms with Crippen molar-refractivity contribution in [2.24, 2.45) is 4.99 Å². The van der Waals surface area contributed by atoms with Crippen molar-refractivity contribution in [3.63, 3.8) is 0 Å². The van der Waals surface area contributed by atoms with E-state index in [0.29, 0.717) is 22.2 Å². The van der Waals surface area contributed by atoms with Crippen molar-refractivity contribution in [2.75, 3.05) is 0 Å². The van der Waals surface area contributed by atoms with E-state index in [1.165, 1.54) is 41.2 Å². The lowest BCUT2D eigenvalue weighted by atomic mass is 10.1. The van der Waals surface area contributed by atoms with Gasteiger partial charge in [-0.05, 0) is 37.1 Å². The summed E-state index contributed by atoms with van der Waals surface area (Å²) in [5.41, 5.74) is 0.538. The lowest BCUT2D eigenvalue weighted by molar-refractivity contribution is 0.417. The van der Waals surface area contributed by atoms with E-state index in [1.54, 1.807) is 6.07 Å². The molecule has 3 N–H and O–H groups in total. The Balaban J connectivity index is 1.51. The van der Waals surface area contributed by atoms with Gasteiger partial charge in [0.05, 0.1) is 24.0 Å². The number of nitrogens with one attached hydrogen (secondary N) is 2. The number of hydrogen-bond acceptors (Lipinski definition) is 9. The van der Waals surface area contributed by atoms with Gasteiger partial charge in [-0.3, -0.25) is 4.98 Å². The third kappa shape index (κ3) is 3.68. The number of nitrogens with zero attached hydrogens (tertiary/aromatic N) is 6.